The molecule has 3 rings (SSSR count). The molecule has 2 aliphatic heterocycles. The zero-order valence-electron chi connectivity index (χ0n) is 14.9. The molecule has 0 aliphatic carbocycles. The molecule has 8 nitrogen and oxygen atoms in total. The Morgan fingerprint density at radius 3 is 2.77 bits per heavy atom. The molecule has 2 aliphatic rings. The van der Waals surface area contributed by atoms with Gasteiger partial charge in [-0.3, -0.25) is 14.9 Å². The molecular weight excluding hydrogens is 338 g/mol. The van der Waals surface area contributed by atoms with Crippen molar-refractivity contribution >= 4 is 17.8 Å². The quantitative estimate of drug-likeness (QED) is 0.628. The molecule has 0 spiro atoms. The fourth-order valence-electron chi connectivity index (χ4n) is 3.13. The van der Waals surface area contributed by atoms with Crippen LogP contribution in [0.4, 0.5) is 0 Å². The van der Waals surface area contributed by atoms with Gasteiger partial charge in [0.25, 0.3) is 0 Å². The third kappa shape index (κ3) is 3.65. The van der Waals surface area contributed by atoms with Crippen LogP contribution in [0, 0.1) is 5.92 Å². The summed E-state index contributed by atoms with van der Waals surface area (Å²) in [6, 6.07) is 6.55. The van der Waals surface area contributed by atoms with Crippen LogP contribution >= 0.6 is 0 Å². The maximum atomic E-state index is 12.8. The van der Waals surface area contributed by atoms with Gasteiger partial charge in [-0.1, -0.05) is 18.2 Å². The molecule has 1 amide bonds. The molecule has 0 unspecified atom stereocenters. The van der Waals surface area contributed by atoms with Crippen molar-refractivity contribution in [2.45, 2.75) is 13.0 Å². The lowest BCUT2D eigenvalue weighted by Crippen LogP contribution is -2.55. The first-order chi connectivity index (χ1) is 12.7. The van der Waals surface area contributed by atoms with Gasteiger partial charge in [0.05, 0.1) is 26.9 Å². The highest BCUT2D eigenvalue weighted by Gasteiger charge is 2.43. The van der Waals surface area contributed by atoms with Crippen molar-refractivity contribution in [3.63, 3.8) is 0 Å². The van der Waals surface area contributed by atoms with Crippen molar-refractivity contribution in [3.8, 4) is 5.75 Å². The van der Waals surface area contributed by atoms with E-state index in [0.717, 1.165) is 0 Å². The van der Waals surface area contributed by atoms with Gasteiger partial charge in [0.1, 0.15) is 11.8 Å². The van der Waals surface area contributed by atoms with Gasteiger partial charge in [0, 0.05) is 18.7 Å². The number of carbonyl (C=O) groups is 2. The number of rotatable bonds is 4. The molecule has 0 saturated carbocycles. The van der Waals surface area contributed by atoms with Gasteiger partial charge < -0.3 is 19.1 Å². The minimum atomic E-state index is -1.06. The van der Waals surface area contributed by atoms with E-state index in [4.69, 9.17) is 19.2 Å². The lowest BCUT2D eigenvalue weighted by atomic mass is 9.90. The number of methoxy groups -OCH3 is 1. The number of nitrogens with zero attached hydrogens (tertiary/aromatic N) is 2. The summed E-state index contributed by atoms with van der Waals surface area (Å²) in [5, 5.41) is 2.75. The average Bonchev–Trinajstić information content (AvgIpc) is 2.68. The number of ether oxygens (including phenoxy) is 3. The Morgan fingerprint density at radius 2 is 2.08 bits per heavy atom. The van der Waals surface area contributed by atoms with Crippen LogP contribution in [0.25, 0.3) is 0 Å². The lowest BCUT2D eigenvalue weighted by Gasteiger charge is -2.35. The van der Waals surface area contributed by atoms with Gasteiger partial charge >= 0.3 is 5.97 Å². The second-order valence-corrected chi connectivity index (χ2v) is 5.96. The molecule has 1 fully saturated rings. The Labute approximate surface area is 152 Å². The second-order valence-electron chi connectivity index (χ2n) is 5.96. The van der Waals surface area contributed by atoms with Crippen LogP contribution in [0.15, 0.2) is 29.3 Å². The number of guanidine groups is 1. The summed E-state index contributed by atoms with van der Waals surface area (Å²) in [5.74, 6) is -1.04. The van der Waals surface area contributed by atoms with Crippen molar-refractivity contribution in [2.75, 3.05) is 40.0 Å². The van der Waals surface area contributed by atoms with Crippen molar-refractivity contribution in [2.24, 2.45) is 10.9 Å². The highest BCUT2D eigenvalue weighted by Crippen LogP contribution is 2.36. The predicted octanol–water partition coefficient (Wildman–Crippen LogP) is 0.734. The Balaban J connectivity index is 2.01. The maximum Gasteiger partial charge on any atom is 0.321 e. The number of esters is 1. The summed E-state index contributed by atoms with van der Waals surface area (Å²) in [5.41, 5.74) is 0.675. The molecular formula is C18H23N3O5. The first kappa shape index (κ1) is 18.2. The summed E-state index contributed by atoms with van der Waals surface area (Å²) in [6.07, 6.45) is 0. The SMILES string of the molecule is CCOC(=O)[C@H]1C(=O)NC(N2CCOCC2)=N[C@H]1c1ccccc1OC. The van der Waals surface area contributed by atoms with E-state index in [9.17, 15) is 9.59 Å². The second kappa shape index (κ2) is 8.18. The van der Waals surface area contributed by atoms with Crippen LogP contribution in [-0.2, 0) is 19.1 Å². The van der Waals surface area contributed by atoms with Gasteiger partial charge in [-0.25, -0.2) is 4.99 Å². The number of hydrogen-bond acceptors (Lipinski definition) is 7. The molecule has 0 bridgehead atoms. The van der Waals surface area contributed by atoms with Crippen LogP contribution in [0.3, 0.4) is 0 Å². The molecule has 2 atom stereocenters. The van der Waals surface area contributed by atoms with Crippen molar-refractivity contribution in [1.82, 2.24) is 10.2 Å². The highest BCUT2D eigenvalue weighted by molar-refractivity contribution is 6.08. The van der Waals surface area contributed by atoms with Gasteiger partial charge in [-0.05, 0) is 13.0 Å². The monoisotopic (exact) mass is 361 g/mol. The number of carbonyl (C=O) groups excluding carboxylic acids is 2. The van der Waals surface area contributed by atoms with E-state index in [1.807, 2.05) is 23.1 Å². The topological polar surface area (TPSA) is 89.5 Å². The summed E-state index contributed by atoms with van der Waals surface area (Å²) in [4.78, 5) is 31.8. The summed E-state index contributed by atoms with van der Waals surface area (Å²) in [6.45, 7) is 4.29. The van der Waals surface area contributed by atoms with E-state index in [0.29, 0.717) is 43.6 Å². The van der Waals surface area contributed by atoms with E-state index < -0.39 is 23.8 Å². The number of aliphatic imine (C=N–C) groups is 1. The molecule has 0 aromatic heterocycles. The number of para-hydroxylation sites is 1. The summed E-state index contributed by atoms with van der Waals surface area (Å²) >= 11 is 0. The Morgan fingerprint density at radius 1 is 1.35 bits per heavy atom. The lowest BCUT2D eigenvalue weighted by molar-refractivity contribution is -0.153. The Bertz CT molecular complexity index is 700. The molecule has 1 N–H and O–H groups in total. The van der Waals surface area contributed by atoms with Crippen molar-refractivity contribution in [1.29, 1.82) is 0 Å². The van der Waals surface area contributed by atoms with E-state index in [1.54, 1.807) is 20.1 Å². The third-order valence-corrected chi connectivity index (χ3v) is 4.40. The minimum Gasteiger partial charge on any atom is -0.496 e. The largest absolute Gasteiger partial charge is 0.496 e. The van der Waals surface area contributed by atoms with Crippen LogP contribution in [0.1, 0.15) is 18.5 Å². The standard InChI is InChI=1S/C18H23N3O5/c1-3-26-17(23)14-15(12-6-4-5-7-13(12)24-2)19-18(20-16(14)22)21-8-10-25-11-9-21/h4-7,14-15H,3,8-11H2,1-2H3,(H,19,20,22)/t14-,15+/m1/s1. The van der Waals surface area contributed by atoms with E-state index in [1.165, 1.54) is 0 Å². The van der Waals surface area contributed by atoms with Crippen molar-refractivity contribution < 1.29 is 23.8 Å². The molecule has 8 heteroatoms. The van der Waals surface area contributed by atoms with Crippen molar-refractivity contribution in [3.05, 3.63) is 29.8 Å². The number of morpholine rings is 1. The van der Waals surface area contributed by atoms with Crippen LogP contribution in [0.2, 0.25) is 0 Å². The molecule has 1 aromatic rings. The average molecular weight is 361 g/mol. The zero-order valence-corrected chi connectivity index (χ0v) is 14.9. The Hall–Kier alpha value is -2.61. The van der Waals surface area contributed by atoms with Gasteiger partial charge in [0.15, 0.2) is 5.92 Å². The van der Waals surface area contributed by atoms with E-state index >= 15 is 0 Å². The third-order valence-electron chi connectivity index (χ3n) is 4.40. The van der Waals surface area contributed by atoms with Gasteiger partial charge in [-0.15, -0.1) is 0 Å². The fourth-order valence-corrected chi connectivity index (χ4v) is 3.13. The van der Waals surface area contributed by atoms with Gasteiger partial charge in [0.2, 0.25) is 11.9 Å². The highest BCUT2D eigenvalue weighted by atomic mass is 16.5. The van der Waals surface area contributed by atoms with Crippen LogP contribution < -0.4 is 10.1 Å². The molecule has 26 heavy (non-hydrogen) atoms. The molecule has 1 saturated heterocycles. The maximum absolute atomic E-state index is 12.8. The smallest absolute Gasteiger partial charge is 0.321 e. The molecule has 1 aromatic carbocycles. The predicted molar refractivity (Wildman–Crippen MR) is 93.8 cm³/mol. The first-order valence-corrected chi connectivity index (χ1v) is 8.66. The molecule has 2 heterocycles. The van der Waals surface area contributed by atoms with E-state index in [2.05, 4.69) is 5.32 Å². The van der Waals surface area contributed by atoms with Crippen LogP contribution in [-0.4, -0.2) is 62.8 Å². The van der Waals surface area contributed by atoms with Crippen LogP contribution in [0.5, 0.6) is 5.75 Å². The number of nitrogens with one attached hydrogen (secondary N) is 1. The first-order valence-electron chi connectivity index (χ1n) is 8.66. The normalized spacial score (nSPS) is 23.1. The molecule has 0 radical (unpaired) electrons. The molecule has 140 valence electrons. The number of hydrogen-bond donors (Lipinski definition) is 1. The zero-order chi connectivity index (χ0) is 18.5. The van der Waals surface area contributed by atoms with E-state index in [-0.39, 0.29) is 6.61 Å². The Kier molecular flexibility index (Phi) is 5.72. The number of benzene rings is 1. The minimum absolute atomic E-state index is 0.196. The summed E-state index contributed by atoms with van der Waals surface area (Å²) in [7, 11) is 1.55. The van der Waals surface area contributed by atoms with Gasteiger partial charge in [-0.2, -0.15) is 0 Å². The summed E-state index contributed by atoms with van der Waals surface area (Å²) < 4.78 is 15.9. The fraction of sp³-hybridized carbons (Fsp3) is 0.500. The number of amides is 1.